The molecule has 1 unspecified atom stereocenters. The zero-order valence-corrected chi connectivity index (χ0v) is 25.4. The fourth-order valence-corrected chi connectivity index (χ4v) is 6.30. The molecule has 0 aliphatic rings. The van der Waals surface area contributed by atoms with E-state index in [9.17, 15) is 9.90 Å². The minimum absolute atomic E-state index is 0.178. The zero-order chi connectivity index (χ0) is 31.4. The summed E-state index contributed by atoms with van der Waals surface area (Å²) in [5.74, 6) is -0.681. The third-order valence-electron chi connectivity index (χ3n) is 8.65. The molecule has 1 atom stereocenters. The van der Waals surface area contributed by atoms with Gasteiger partial charge in [-0.2, -0.15) is 0 Å². The van der Waals surface area contributed by atoms with Crippen LogP contribution in [0, 0.1) is 5.92 Å². The number of nitrogens with zero attached hydrogens (tertiary/aromatic N) is 3. The lowest BCUT2D eigenvalue weighted by atomic mass is 9.76. The van der Waals surface area contributed by atoms with E-state index >= 15 is 0 Å². The molecule has 6 nitrogen and oxygen atoms in total. The van der Waals surface area contributed by atoms with Gasteiger partial charge in [0, 0.05) is 18.6 Å². The van der Waals surface area contributed by atoms with Crippen LogP contribution in [0.15, 0.2) is 146 Å². The van der Waals surface area contributed by atoms with Crippen LogP contribution >= 0.6 is 0 Å². The third kappa shape index (κ3) is 5.45. The Morgan fingerprint density at radius 1 is 0.756 bits per heavy atom. The molecule has 6 heteroatoms. The summed E-state index contributed by atoms with van der Waals surface area (Å²) in [6.45, 7) is 4.01. The standard InChI is InChI=1S/C39H36N4O2/c1-28(2)39(45,35-20-18-29(19-21-35)22-30-23-31(37(40)44)25-41-24-30)36-26-43(27-42-36)38(32-12-6-3-7-13-32,33-14-8-4-9-15-33)34-16-10-5-11-17-34/h3-21,23-28,45H,22H2,1-2H3,(H2,40,44). The van der Waals surface area contributed by atoms with Gasteiger partial charge in [-0.1, -0.05) is 129 Å². The van der Waals surface area contributed by atoms with E-state index in [0.717, 1.165) is 33.4 Å². The van der Waals surface area contributed by atoms with Crippen molar-refractivity contribution in [3.8, 4) is 0 Å². The molecule has 2 aromatic heterocycles. The highest BCUT2D eigenvalue weighted by Crippen LogP contribution is 2.43. The Morgan fingerprint density at radius 2 is 1.29 bits per heavy atom. The van der Waals surface area contributed by atoms with Crippen LogP contribution in [0.4, 0.5) is 0 Å². The number of aliphatic hydroxyl groups is 1. The van der Waals surface area contributed by atoms with Crippen LogP contribution in [0.1, 0.15) is 63.3 Å². The Labute approximate surface area is 263 Å². The molecule has 0 aliphatic carbocycles. The lowest BCUT2D eigenvalue weighted by Crippen LogP contribution is -2.37. The molecular formula is C39H36N4O2. The van der Waals surface area contributed by atoms with Crippen molar-refractivity contribution in [3.05, 3.63) is 191 Å². The molecule has 1 amide bonds. The minimum Gasteiger partial charge on any atom is -0.378 e. The van der Waals surface area contributed by atoms with E-state index in [-0.39, 0.29) is 5.92 Å². The number of primary amides is 1. The maximum Gasteiger partial charge on any atom is 0.250 e. The molecular weight excluding hydrogens is 556 g/mol. The van der Waals surface area contributed by atoms with E-state index in [0.29, 0.717) is 17.7 Å². The van der Waals surface area contributed by atoms with Crippen LogP contribution < -0.4 is 5.73 Å². The van der Waals surface area contributed by atoms with Gasteiger partial charge in [0.2, 0.25) is 5.91 Å². The molecule has 0 aliphatic heterocycles. The van der Waals surface area contributed by atoms with Gasteiger partial charge in [0.15, 0.2) is 0 Å². The van der Waals surface area contributed by atoms with E-state index in [1.807, 2.05) is 68.8 Å². The van der Waals surface area contributed by atoms with Gasteiger partial charge in [-0.3, -0.25) is 9.78 Å². The van der Waals surface area contributed by atoms with Crippen molar-refractivity contribution in [1.82, 2.24) is 14.5 Å². The number of amides is 1. The number of hydrogen-bond acceptors (Lipinski definition) is 4. The predicted molar refractivity (Wildman–Crippen MR) is 177 cm³/mol. The largest absolute Gasteiger partial charge is 0.378 e. The highest BCUT2D eigenvalue weighted by molar-refractivity contribution is 5.92. The van der Waals surface area contributed by atoms with Gasteiger partial charge < -0.3 is 15.4 Å². The quantitative estimate of drug-likeness (QED) is 0.173. The van der Waals surface area contributed by atoms with Crippen LogP contribution in [-0.4, -0.2) is 25.5 Å². The number of imidazole rings is 1. The summed E-state index contributed by atoms with van der Waals surface area (Å²) in [6.07, 6.45) is 7.61. The zero-order valence-electron chi connectivity index (χ0n) is 25.4. The van der Waals surface area contributed by atoms with E-state index in [2.05, 4.69) is 82.3 Å². The monoisotopic (exact) mass is 592 g/mol. The number of rotatable bonds is 10. The number of nitrogens with two attached hydrogens (primary N) is 1. The Balaban J connectivity index is 1.44. The van der Waals surface area contributed by atoms with E-state index < -0.39 is 17.0 Å². The Hall–Kier alpha value is -5.33. The second kappa shape index (κ2) is 12.3. The summed E-state index contributed by atoms with van der Waals surface area (Å²) < 4.78 is 2.13. The molecule has 0 radical (unpaired) electrons. The van der Waals surface area contributed by atoms with Crippen LogP contribution in [0.5, 0.6) is 0 Å². The summed E-state index contributed by atoms with van der Waals surface area (Å²) in [5.41, 5.74) is 10.2. The molecule has 45 heavy (non-hydrogen) atoms. The van der Waals surface area contributed by atoms with Gasteiger partial charge in [-0.05, 0) is 51.8 Å². The maximum atomic E-state index is 12.5. The molecule has 0 fully saturated rings. The Bertz CT molecular complexity index is 1790. The average Bonchev–Trinajstić information content (AvgIpc) is 3.58. The van der Waals surface area contributed by atoms with Crippen molar-refractivity contribution >= 4 is 5.91 Å². The van der Waals surface area contributed by atoms with Crippen LogP contribution in [0.3, 0.4) is 0 Å². The molecule has 0 spiro atoms. The highest BCUT2D eigenvalue weighted by atomic mass is 16.3. The van der Waals surface area contributed by atoms with Crippen LogP contribution in [-0.2, 0) is 17.6 Å². The number of aromatic nitrogens is 3. The Kier molecular flexibility index (Phi) is 8.16. The van der Waals surface area contributed by atoms with E-state index in [1.165, 1.54) is 6.20 Å². The van der Waals surface area contributed by atoms with Gasteiger partial charge >= 0.3 is 0 Å². The summed E-state index contributed by atoms with van der Waals surface area (Å²) in [5, 5.41) is 12.5. The summed E-state index contributed by atoms with van der Waals surface area (Å²) in [6, 6.07) is 40.9. The average molecular weight is 593 g/mol. The number of benzene rings is 4. The molecule has 224 valence electrons. The van der Waals surface area contributed by atoms with Crippen LogP contribution in [0.2, 0.25) is 0 Å². The lowest BCUT2D eigenvalue weighted by molar-refractivity contribution is 0.0278. The fourth-order valence-electron chi connectivity index (χ4n) is 6.30. The van der Waals surface area contributed by atoms with Crippen molar-refractivity contribution in [2.75, 3.05) is 0 Å². The molecule has 2 heterocycles. The predicted octanol–water partition coefficient (Wildman–Crippen LogP) is 6.70. The summed E-state index contributed by atoms with van der Waals surface area (Å²) in [7, 11) is 0. The second-order valence-electron chi connectivity index (χ2n) is 11.7. The minimum atomic E-state index is -1.35. The molecule has 0 bridgehead atoms. The fraction of sp³-hybridized carbons (Fsp3) is 0.154. The smallest absolute Gasteiger partial charge is 0.250 e. The van der Waals surface area contributed by atoms with Crippen molar-refractivity contribution in [1.29, 1.82) is 0 Å². The van der Waals surface area contributed by atoms with E-state index in [4.69, 9.17) is 10.7 Å². The molecule has 6 rings (SSSR count). The van der Waals surface area contributed by atoms with Crippen LogP contribution in [0.25, 0.3) is 0 Å². The maximum absolute atomic E-state index is 12.5. The first kappa shape index (κ1) is 29.7. The van der Waals surface area contributed by atoms with Gasteiger partial charge in [0.1, 0.15) is 11.1 Å². The van der Waals surface area contributed by atoms with Crippen molar-refractivity contribution in [2.24, 2.45) is 11.7 Å². The van der Waals surface area contributed by atoms with Gasteiger partial charge in [-0.25, -0.2) is 4.98 Å². The first-order chi connectivity index (χ1) is 21.8. The lowest BCUT2D eigenvalue weighted by Gasteiger charge is -2.37. The first-order valence-corrected chi connectivity index (χ1v) is 15.1. The summed E-state index contributed by atoms with van der Waals surface area (Å²) in [4.78, 5) is 20.7. The molecule has 3 N–H and O–H groups in total. The highest BCUT2D eigenvalue weighted by Gasteiger charge is 2.42. The van der Waals surface area contributed by atoms with Crippen molar-refractivity contribution in [3.63, 3.8) is 0 Å². The topological polar surface area (TPSA) is 94.0 Å². The normalized spacial score (nSPS) is 13.0. The summed E-state index contributed by atoms with van der Waals surface area (Å²) >= 11 is 0. The van der Waals surface area contributed by atoms with Gasteiger partial charge in [-0.15, -0.1) is 0 Å². The Morgan fingerprint density at radius 3 is 1.78 bits per heavy atom. The third-order valence-corrected chi connectivity index (χ3v) is 8.65. The number of hydrogen-bond donors (Lipinski definition) is 2. The SMILES string of the molecule is CC(C)C(O)(c1ccc(Cc2cncc(C(N)=O)c2)cc1)c1cn(C(c2ccccc2)(c2ccccc2)c2ccccc2)cn1. The second-order valence-corrected chi connectivity index (χ2v) is 11.7. The van der Waals surface area contributed by atoms with E-state index in [1.54, 1.807) is 12.3 Å². The molecule has 0 saturated heterocycles. The number of carbonyl (C=O) groups is 1. The molecule has 0 saturated carbocycles. The van der Waals surface area contributed by atoms with Gasteiger partial charge in [0.25, 0.3) is 0 Å². The molecule has 6 aromatic rings. The van der Waals surface area contributed by atoms with Gasteiger partial charge in [0.05, 0.1) is 17.6 Å². The number of pyridine rings is 1. The van der Waals surface area contributed by atoms with Crippen molar-refractivity contribution < 1.29 is 9.90 Å². The molecule has 4 aromatic carbocycles. The van der Waals surface area contributed by atoms with Crippen molar-refractivity contribution in [2.45, 2.75) is 31.4 Å². The number of carbonyl (C=O) groups excluding carboxylic acids is 1. The first-order valence-electron chi connectivity index (χ1n) is 15.1.